The van der Waals surface area contributed by atoms with Gasteiger partial charge in [-0.2, -0.15) is 0 Å². The van der Waals surface area contributed by atoms with Crippen LogP contribution in [0.2, 0.25) is 0 Å². The van der Waals surface area contributed by atoms with E-state index in [0.717, 1.165) is 39.0 Å². The second-order valence-electron chi connectivity index (χ2n) is 8.18. The average Bonchev–Trinajstić information content (AvgIpc) is 3.22. The molecule has 7 heteroatoms. The van der Waals surface area contributed by atoms with Gasteiger partial charge in [-0.3, -0.25) is 14.9 Å². The second-order valence-corrected chi connectivity index (χ2v) is 8.18. The predicted molar refractivity (Wildman–Crippen MR) is 125 cm³/mol. The number of nitro groups is 1. The molecular formula is C26H23N3O4. The van der Waals surface area contributed by atoms with Gasteiger partial charge in [0, 0.05) is 35.3 Å². The van der Waals surface area contributed by atoms with Gasteiger partial charge in [-0.15, -0.1) is 0 Å². The monoisotopic (exact) mass is 441 g/mol. The summed E-state index contributed by atoms with van der Waals surface area (Å²) >= 11 is 0. The zero-order valence-electron chi connectivity index (χ0n) is 18.2. The molecule has 0 unspecified atom stereocenters. The molecule has 4 aromatic rings. The topological polar surface area (TPSA) is 88.5 Å². The molecule has 1 N–H and O–H groups in total. The minimum atomic E-state index is -0.413. The van der Waals surface area contributed by atoms with Gasteiger partial charge in [0.1, 0.15) is 5.75 Å². The van der Waals surface area contributed by atoms with Crippen molar-refractivity contribution in [3.8, 4) is 5.75 Å². The van der Waals surface area contributed by atoms with Crippen molar-refractivity contribution in [2.45, 2.75) is 18.9 Å². The minimum absolute atomic E-state index is 0.0199. The lowest BCUT2D eigenvalue weighted by atomic mass is 9.91. The first-order valence-corrected chi connectivity index (χ1v) is 10.8. The fourth-order valence-corrected chi connectivity index (χ4v) is 4.66. The van der Waals surface area contributed by atoms with Gasteiger partial charge in [-0.25, -0.2) is 0 Å². The molecule has 1 amide bonds. The number of benzene rings is 3. The highest BCUT2D eigenvalue weighted by Gasteiger charge is 2.34. The zero-order chi connectivity index (χ0) is 22.9. The Morgan fingerprint density at radius 2 is 1.88 bits per heavy atom. The number of hydrogen-bond donors (Lipinski definition) is 1. The lowest BCUT2D eigenvalue weighted by Crippen LogP contribution is -2.41. The van der Waals surface area contributed by atoms with Gasteiger partial charge in [-0.1, -0.05) is 30.3 Å². The van der Waals surface area contributed by atoms with Crippen LogP contribution in [0.1, 0.15) is 28.4 Å². The summed E-state index contributed by atoms with van der Waals surface area (Å²) in [5.74, 6) is 0.796. The second kappa shape index (κ2) is 8.43. The molecule has 0 saturated carbocycles. The summed E-state index contributed by atoms with van der Waals surface area (Å²) in [5, 5.41) is 12.2. The number of carbonyl (C=O) groups excluding carboxylic acids is 1. The number of nitrogens with zero attached hydrogens (tertiary/aromatic N) is 2. The maximum atomic E-state index is 13.4. The van der Waals surface area contributed by atoms with E-state index in [-0.39, 0.29) is 17.6 Å². The summed E-state index contributed by atoms with van der Waals surface area (Å²) in [6, 6.07) is 21.7. The summed E-state index contributed by atoms with van der Waals surface area (Å²) in [7, 11) is 1.64. The van der Waals surface area contributed by atoms with Gasteiger partial charge in [0.15, 0.2) is 0 Å². The van der Waals surface area contributed by atoms with Crippen molar-refractivity contribution < 1.29 is 14.5 Å². The smallest absolute Gasteiger partial charge is 0.269 e. The number of ether oxygens (including phenoxy) is 1. The van der Waals surface area contributed by atoms with E-state index in [0.29, 0.717) is 19.4 Å². The van der Waals surface area contributed by atoms with E-state index in [9.17, 15) is 14.9 Å². The first-order chi connectivity index (χ1) is 16.0. The summed E-state index contributed by atoms with van der Waals surface area (Å²) in [5.41, 5.74) is 4.89. The van der Waals surface area contributed by atoms with E-state index in [1.807, 2.05) is 53.4 Å². The molecule has 0 saturated heterocycles. The van der Waals surface area contributed by atoms with Crippen molar-refractivity contribution in [2.75, 3.05) is 13.7 Å². The first-order valence-electron chi connectivity index (χ1n) is 10.8. The molecule has 33 heavy (non-hydrogen) atoms. The summed E-state index contributed by atoms with van der Waals surface area (Å²) in [6.07, 6.45) is 1.01. The van der Waals surface area contributed by atoms with Crippen LogP contribution in [0.25, 0.3) is 10.9 Å². The van der Waals surface area contributed by atoms with Crippen LogP contribution < -0.4 is 4.74 Å². The van der Waals surface area contributed by atoms with Crippen LogP contribution in [0.5, 0.6) is 5.75 Å². The van der Waals surface area contributed by atoms with E-state index < -0.39 is 4.92 Å². The van der Waals surface area contributed by atoms with E-state index in [4.69, 9.17) is 4.74 Å². The Balaban J connectivity index is 1.59. The molecule has 1 aliphatic heterocycles. The minimum Gasteiger partial charge on any atom is -0.497 e. The number of hydrogen-bond acceptors (Lipinski definition) is 4. The van der Waals surface area contributed by atoms with Gasteiger partial charge in [0.2, 0.25) is 5.91 Å². The zero-order valence-corrected chi connectivity index (χ0v) is 18.2. The normalized spacial score (nSPS) is 15.3. The Morgan fingerprint density at radius 1 is 1.12 bits per heavy atom. The highest BCUT2D eigenvalue weighted by Crippen LogP contribution is 2.40. The van der Waals surface area contributed by atoms with Crippen molar-refractivity contribution in [3.05, 3.63) is 105 Å². The van der Waals surface area contributed by atoms with Gasteiger partial charge in [0.05, 0.1) is 24.5 Å². The number of non-ortho nitro benzene ring substituents is 1. The Kier molecular flexibility index (Phi) is 5.30. The van der Waals surface area contributed by atoms with Crippen molar-refractivity contribution in [3.63, 3.8) is 0 Å². The number of amides is 1. The van der Waals surface area contributed by atoms with Crippen LogP contribution in [0.15, 0.2) is 72.8 Å². The molecule has 0 aliphatic carbocycles. The summed E-state index contributed by atoms with van der Waals surface area (Å²) in [6.45, 7) is 0.560. The summed E-state index contributed by atoms with van der Waals surface area (Å²) < 4.78 is 5.41. The van der Waals surface area contributed by atoms with E-state index in [1.165, 1.54) is 12.1 Å². The molecule has 0 fully saturated rings. The highest BCUT2D eigenvalue weighted by molar-refractivity contribution is 5.88. The fourth-order valence-electron chi connectivity index (χ4n) is 4.66. The quantitative estimate of drug-likeness (QED) is 0.356. The molecule has 1 aromatic heterocycles. The maximum absolute atomic E-state index is 13.4. The van der Waals surface area contributed by atoms with Crippen molar-refractivity contribution in [2.24, 2.45) is 0 Å². The first kappa shape index (κ1) is 20.8. The lowest BCUT2D eigenvalue weighted by Gasteiger charge is -2.36. The number of H-pyrrole nitrogens is 1. The standard InChI is InChI=1S/C26H23N3O4/c1-33-20-11-12-23-22(16-20)21-13-14-28(24(30)15-17-5-3-2-4-6-17)26(25(21)27-23)18-7-9-19(10-8-18)29(31)32/h2-12,16,26-27H,13-15H2,1H3/t26-/m1/s1. The Bertz CT molecular complexity index is 1330. The van der Waals surface area contributed by atoms with Gasteiger partial charge in [-0.05, 0) is 53.4 Å². The number of carbonyl (C=O) groups is 1. The molecule has 2 heterocycles. The number of rotatable bonds is 5. The van der Waals surface area contributed by atoms with Crippen molar-refractivity contribution >= 4 is 22.5 Å². The average molecular weight is 441 g/mol. The third-order valence-corrected chi connectivity index (χ3v) is 6.27. The van der Waals surface area contributed by atoms with Crippen LogP contribution >= 0.6 is 0 Å². The van der Waals surface area contributed by atoms with Crippen LogP contribution in [0.4, 0.5) is 5.69 Å². The number of aromatic amines is 1. The van der Waals surface area contributed by atoms with Crippen LogP contribution in [0, 0.1) is 10.1 Å². The van der Waals surface area contributed by atoms with E-state index >= 15 is 0 Å². The number of fused-ring (bicyclic) bond motifs is 3. The number of methoxy groups -OCH3 is 1. The van der Waals surface area contributed by atoms with Crippen molar-refractivity contribution in [1.29, 1.82) is 0 Å². The van der Waals surface area contributed by atoms with Crippen LogP contribution in [-0.4, -0.2) is 34.4 Å². The third kappa shape index (κ3) is 3.82. The van der Waals surface area contributed by atoms with E-state index in [1.54, 1.807) is 19.2 Å². The Hall–Kier alpha value is -4.13. The summed E-state index contributed by atoms with van der Waals surface area (Å²) in [4.78, 5) is 29.6. The number of aromatic nitrogens is 1. The molecule has 3 aromatic carbocycles. The molecular weight excluding hydrogens is 418 g/mol. The molecule has 5 rings (SSSR count). The SMILES string of the molecule is COc1ccc2[nH]c3c(c2c1)CCN(C(=O)Cc1ccccc1)[C@@H]3c1ccc([N+](=O)[O-])cc1. The molecule has 0 spiro atoms. The van der Waals surface area contributed by atoms with Gasteiger partial charge < -0.3 is 14.6 Å². The van der Waals surface area contributed by atoms with Gasteiger partial charge >= 0.3 is 0 Å². The predicted octanol–water partition coefficient (Wildman–Crippen LogP) is 4.80. The van der Waals surface area contributed by atoms with Crippen molar-refractivity contribution in [1.82, 2.24) is 9.88 Å². The third-order valence-electron chi connectivity index (χ3n) is 6.27. The number of nitro benzene ring substituents is 1. The van der Waals surface area contributed by atoms with Gasteiger partial charge in [0.25, 0.3) is 5.69 Å². The van der Waals surface area contributed by atoms with Crippen LogP contribution in [0.3, 0.4) is 0 Å². The molecule has 0 radical (unpaired) electrons. The molecule has 1 atom stereocenters. The maximum Gasteiger partial charge on any atom is 0.269 e. The van der Waals surface area contributed by atoms with E-state index in [2.05, 4.69) is 4.98 Å². The molecule has 7 nitrogen and oxygen atoms in total. The largest absolute Gasteiger partial charge is 0.497 e. The Labute approximate surface area is 190 Å². The molecule has 166 valence electrons. The van der Waals surface area contributed by atoms with Crippen LogP contribution in [-0.2, 0) is 17.6 Å². The lowest BCUT2D eigenvalue weighted by molar-refractivity contribution is -0.384. The molecule has 1 aliphatic rings. The fraction of sp³-hybridized carbons (Fsp3) is 0.192. The highest BCUT2D eigenvalue weighted by atomic mass is 16.6. The molecule has 0 bridgehead atoms. The Morgan fingerprint density at radius 3 is 2.58 bits per heavy atom. The number of nitrogens with one attached hydrogen (secondary N) is 1.